The van der Waals surface area contributed by atoms with Crippen LogP contribution in [0.1, 0.15) is 52.1 Å². The van der Waals surface area contributed by atoms with Crippen LogP contribution in [0.3, 0.4) is 0 Å². The molecule has 0 aromatic heterocycles. The van der Waals surface area contributed by atoms with Crippen molar-refractivity contribution in [2.45, 2.75) is 33.4 Å². The van der Waals surface area contributed by atoms with Crippen LogP contribution in [0.25, 0.3) is 0 Å². The van der Waals surface area contributed by atoms with Crippen molar-refractivity contribution in [2.24, 2.45) is 0 Å². The van der Waals surface area contributed by atoms with Gasteiger partial charge in [-0.15, -0.1) is 0 Å². The molecule has 0 aliphatic carbocycles. The standard InChI is InChI=1S/C23H29N3O4/c1-4-25(3)8-5-9-30-18-7-6-16-13-26(14-17(16)10-18)23(29)20-11-19(15(2)27)22(28)12-21(20)24/h6-7,10-12,28H,4-5,8-9,13-14,24H2,1-3H3. The van der Waals surface area contributed by atoms with Crippen LogP contribution in [-0.2, 0) is 13.1 Å². The normalized spacial score (nSPS) is 12.9. The van der Waals surface area contributed by atoms with Crippen molar-refractivity contribution < 1.29 is 19.4 Å². The number of Topliss-reactive ketones (excluding diaryl/α,β-unsaturated/α-hetero) is 1. The van der Waals surface area contributed by atoms with Crippen molar-refractivity contribution in [3.63, 3.8) is 0 Å². The molecule has 2 aromatic carbocycles. The molecule has 1 heterocycles. The summed E-state index contributed by atoms with van der Waals surface area (Å²) in [5.41, 5.74) is 8.51. The Morgan fingerprint density at radius 1 is 1.17 bits per heavy atom. The molecule has 1 aliphatic rings. The molecule has 3 rings (SSSR count). The smallest absolute Gasteiger partial charge is 0.256 e. The van der Waals surface area contributed by atoms with Crippen molar-refractivity contribution in [3.8, 4) is 11.5 Å². The van der Waals surface area contributed by atoms with E-state index in [-0.39, 0.29) is 34.3 Å². The first-order chi connectivity index (χ1) is 14.3. The fourth-order valence-corrected chi connectivity index (χ4v) is 3.53. The second kappa shape index (κ2) is 9.17. The van der Waals surface area contributed by atoms with Gasteiger partial charge in [0, 0.05) is 31.4 Å². The lowest BCUT2D eigenvalue weighted by atomic mass is 10.0. The van der Waals surface area contributed by atoms with Crippen molar-refractivity contribution in [3.05, 3.63) is 52.6 Å². The Bertz CT molecular complexity index is 958. The van der Waals surface area contributed by atoms with E-state index in [9.17, 15) is 14.7 Å². The molecule has 0 bridgehead atoms. The number of ketones is 1. The zero-order valence-corrected chi connectivity index (χ0v) is 17.8. The van der Waals surface area contributed by atoms with Crippen LogP contribution >= 0.6 is 0 Å². The Kier molecular flexibility index (Phi) is 6.62. The number of phenols is 1. The number of hydrogen-bond acceptors (Lipinski definition) is 6. The highest BCUT2D eigenvalue weighted by atomic mass is 16.5. The van der Waals surface area contributed by atoms with Gasteiger partial charge in [0.2, 0.25) is 0 Å². The molecule has 160 valence electrons. The minimum absolute atomic E-state index is 0.0914. The third-order valence-corrected chi connectivity index (χ3v) is 5.46. The van der Waals surface area contributed by atoms with Crippen LogP contribution in [0.4, 0.5) is 5.69 Å². The Morgan fingerprint density at radius 2 is 1.90 bits per heavy atom. The van der Waals surface area contributed by atoms with Crippen molar-refractivity contribution in [1.29, 1.82) is 0 Å². The molecular formula is C23H29N3O4. The van der Waals surface area contributed by atoms with Crippen molar-refractivity contribution in [1.82, 2.24) is 9.80 Å². The summed E-state index contributed by atoms with van der Waals surface area (Å²) in [5, 5.41) is 9.90. The second-order valence-corrected chi connectivity index (χ2v) is 7.70. The number of nitrogens with two attached hydrogens (primary N) is 1. The number of nitrogens with zero attached hydrogens (tertiary/aromatic N) is 2. The number of rotatable bonds is 8. The largest absolute Gasteiger partial charge is 0.507 e. The monoisotopic (exact) mass is 411 g/mol. The van der Waals surface area contributed by atoms with Crippen LogP contribution in [0.5, 0.6) is 11.5 Å². The number of ether oxygens (including phenoxy) is 1. The van der Waals surface area contributed by atoms with Crippen LogP contribution in [0, 0.1) is 0 Å². The SMILES string of the molecule is CCN(C)CCCOc1ccc2c(c1)CN(C(=O)c1cc(C(C)=O)c(O)cc1N)C2. The first kappa shape index (κ1) is 21.6. The number of benzene rings is 2. The van der Waals surface area contributed by atoms with E-state index in [1.807, 2.05) is 18.2 Å². The predicted molar refractivity (Wildman–Crippen MR) is 116 cm³/mol. The molecule has 0 fully saturated rings. The number of amides is 1. The molecule has 0 saturated carbocycles. The van der Waals surface area contributed by atoms with Crippen molar-refractivity contribution >= 4 is 17.4 Å². The lowest BCUT2D eigenvalue weighted by Gasteiger charge is -2.17. The topological polar surface area (TPSA) is 96.1 Å². The van der Waals surface area contributed by atoms with E-state index in [4.69, 9.17) is 10.5 Å². The number of aromatic hydroxyl groups is 1. The third-order valence-electron chi connectivity index (χ3n) is 5.46. The highest BCUT2D eigenvalue weighted by molar-refractivity contribution is 6.04. The minimum Gasteiger partial charge on any atom is -0.507 e. The maximum absolute atomic E-state index is 13.0. The number of nitrogen functional groups attached to an aromatic ring is 1. The number of fused-ring (bicyclic) bond motifs is 1. The number of anilines is 1. The van der Waals surface area contributed by atoms with Crippen molar-refractivity contribution in [2.75, 3.05) is 32.5 Å². The van der Waals surface area contributed by atoms with Gasteiger partial charge in [0.05, 0.1) is 17.7 Å². The van der Waals surface area contributed by atoms with Crippen LogP contribution in [0.2, 0.25) is 0 Å². The summed E-state index contributed by atoms with van der Waals surface area (Å²) >= 11 is 0. The Morgan fingerprint density at radius 3 is 2.60 bits per heavy atom. The van der Waals surface area contributed by atoms with Gasteiger partial charge < -0.3 is 25.4 Å². The third kappa shape index (κ3) is 4.74. The summed E-state index contributed by atoms with van der Waals surface area (Å²) in [7, 11) is 2.08. The van der Waals surface area contributed by atoms with Gasteiger partial charge in [-0.25, -0.2) is 0 Å². The summed E-state index contributed by atoms with van der Waals surface area (Å²) in [6.45, 7) is 7.02. The summed E-state index contributed by atoms with van der Waals surface area (Å²) < 4.78 is 5.87. The van der Waals surface area contributed by atoms with E-state index in [1.165, 1.54) is 19.1 Å². The molecule has 3 N–H and O–H groups in total. The van der Waals surface area contributed by atoms with Crippen LogP contribution in [-0.4, -0.2) is 53.3 Å². The predicted octanol–water partition coefficient (Wildman–Crippen LogP) is 3.05. The fraction of sp³-hybridized carbons (Fsp3) is 0.391. The van der Waals surface area contributed by atoms with Gasteiger partial charge in [-0.3, -0.25) is 9.59 Å². The minimum atomic E-state index is -0.321. The number of carbonyl (C=O) groups excluding carboxylic acids is 2. The summed E-state index contributed by atoms with van der Waals surface area (Å²) in [5.74, 6) is -0.00663. The maximum atomic E-state index is 13.0. The van der Waals surface area contributed by atoms with Gasteiger partial charge in [-0.1, -0.05) is 13.0 Å². The first-order valence-corrected chi connectivity index (χ1v) is 10.2. The second-order valence-electron chi connectivity index (χ2n) is 7.70. The molecule has 0 radical (unpaired) electrons. The van der Waals surface area contributed by atoms with Gasteiger partial charge in [-0.05, 0) is 56.3 Å². The van der Waals surface area contributed by atoms with E-state index >= 15 is 0 Å². The van der Waals surface area contributed by atoms with Gasteiger partial charge >= 0.3 is 0 Å². The molecule has 1 amide bonds. The molecule has 7 nitrogen and oxygen atoms in total. The quantitative estimate of drug-likeness (QED) is 0.394. The van der Waals surface area contributed by atoms with Crippen LogP contribution < -0.4 is 10.5 Å². The Hall–Kier alpha value is -3.06. The van der Waals surface area contributed by atoms with E-state index in [0.29, 0.717) is 19.7 Å². The summed E-state index contributed by atoms with van der Waals surface area (Å²) in [6, 6.07) is 8.53. The summed E-state index contributed by atoms with van der Waals surface area (Å²) in [4.78, 5) is 28.7. The average molecular weight is 412 g/mol. The van der Waals surface area contributed by atoms with E-state index in [2.05, 4.69) is 18.9 Å². The highest BCUT2D eigenvalue weighted by Gasteiger charge is 2.27. The molecule has 0 unspecified atom stereocenters. The molecule has 1 aliphatic heterocycles. The van der Waals surface area contributed by atoms with Crippen LogP contribution in [0.15, 0.2) is 30.3 Å². The summed E-state index contributed by atoms with van der Waals surface area (Å²) in [6.07, 6.45) is 0.949. The average Bonchev–Trinajstić information content (AvgIpc) is 3.13. The molecule has 0 spiro atoms. The maximum Gasteiger partial charge on any atom is 0.256 e. The van der Waals surface area contributed by atoms with E-state index in [0.717, 1.165) is 36.4 Å². The number of carbonyl (C=O) groups is 2. The van der Waals surface area contributed by atoms with Gasteiger partial charge in [0.1, 0.15) is 11.5 Å². The lowest BCUT2D eigenvalue weighted by molar-refractivity contribution is 0.0752. The van der Waals surface area contributed by atoms with E-state index in [1.54, 1.807) is 4.90 Å². The molecule has 7 heteroatoms. The first-order valence-electron chi connectivity index (χ1n) is 10.2. The lowest BCUT2D eigenvalue weighted by Crippen LogP contribution is -2.26. The molecule has 2 aromatic rings. The molecule has 0 saturated heterocycles. The highest BCUT2D eigenvalue weighted by Crippen LogP contribution is 2.31. The number of phenolic OH excluding ortho intramolecular Hbond substituents is 1. The Labute approximate surface area is 177 Å². The zero-order valence-electron chi connectivity index (χ0n) is 17.8. The molecular weight excluding hydrogens is 382 g/mol. The zero-order chi connectivity index (χ0) is 21.8. The van der Waals surface area contributed by atoms with Gasteiger partial charge in [0.25, 0.3) is 5.91 Å². The number of hydrogen-bond donors (Lipinski definition) is 2. The van der Waals surface area contributed by atoms with E-state index < -0.39 is 0 Å². The molecule has 30 heavy (non-hydrogen) atoms. The Balaban J connectivity index is 1.67. The van der Waals surface area contributed by atoms with Gasteiger partial charge in [0.15, 0.2) is 5.78 Å². The molecule has 0 atom stereocenters. The van der Waals surface area contributed by atoms with Gasteiger partial charge in [-0.2, -0.15) is 0 Å². The fourth-order valence-electron chi connectivity index (χ4n) is 3.53.